The van der Waals surface area contributed by atoms with Crippen molar-refractivity contribution in [2.24, 2.45) is 0 Å². The number of nitrogens with zero attached hydrogens (tertiary/aromatic N) is 3. The van der Waals surface area contributed by atoms with E-state index in [4.69, 9.17) is 0 Å². The molecule has 2 rings (SSSR count). The van der Waals surface area contributed by atoms with E-state index in [1.807, 2.05) is 0 Å². The van der Waals surface area contributed by atoms with Gasteiger partial charge >= 0.3 is 0 Å². The fourth-order valence-corrected chi connectivity index (χ4v) is 2.94. The molecule has 0 aromatic carbocycles. The molecule has 1 N–H and O–H groups in total. The van der Waals surface area contributed by atoms with Crippen LogP contribution < -0.4 is 4.72 Å². The molecular formula is C11H11BrN4O2S. The van der Waals surface area contributed by atoms with Gasteiger partial charge in [-0.1, -0.05) is 0 Å². The molecule has 0 aliphatic heterocycles. The lowest BCUT2D eigenvalue weighted by Crippen LogP contribution is -2.16. The number of nitrogens with one attached hydrogen (secondary N) is 1. The average molecular weight is 343 g/mol. The van der Waals surface area contributed by atoms with Crippen LogP contribution in [0, 0.1) is 13.8 Å². The number of aromatic nitrogens is 3. The van der Waals surface area contributed by atoms with E-state index in [9.17, 15) is 8.42 Å². The molecule has 0 spiro atoms. The topological polar surface area (TPSA) is 84.8 Å². The van der Waals surface area contributed by atoms with Gasteiger partial charge in [0.25, 0.3) is 10.0 Å². The normalized spacial score (nSPS) is 11.3. The summed E-state index contributed by atoms with van der Waals surface area (Å²) >= 11 is 3.18. The van der Waals surface area contributed by atoms with Gasteiger partial charge in [-0.2, -0.15) is 0 Å². The molecule has 0 bridgehead atoms. The van der Waals surface area contributed by atoms with Crippen molar-refractivity contribution in [1.82, 2.24) is 15.0 Å². The number of anilines is 1. The van der Waals surface area contributed by atoms with E-state index in [2.05, 4.69) is 35.6 Å². The Morgan fingerprint density at radius 3 is 2.32 bits per heavy atom. The first-order valence-corrected chi connectivity index (χ1v) is 7.60. The monoisotopic (exact) mass is 342 g/mol. The maximum absolute atomic E-state index is 12.1. The lowest BCUT2D eigenvalue weighted by Gasteiger charge is -2.07. The summed E-state index contributed by atoms with van der Waals surface area (Å²) in [7, 11) is -3.74. The molecule has 6 nitrogen and oxygen atoms in total. The first-order chi connectivity index (χ1) is 8.87. The third-order valence-corrected chi connectivity index (χ3v) is 3.93. The number of rotatable bonds is 3. The van der Waals surface area contributed by atoms with Crippen molar-refractivity contribution in [2.45, 2.75) is 18.7 Å². The van der Waals surface area contributed by atoms with E-state index in [1.165, 1.54) is 18.5 Å². The van der Waals surface area contributed by atoms with Crippen molar-refractivity contribution in [3.8, 4) is 0 Å². The molecule has 100 valence electrons. The highest BCUT2D eigenvalue weighted by molar-refractivity contribution is 9.10. The lowest BCUT2D eigenvalue weighted by atomic mass is 10.4. The molecule has 2 aromatic rings. The zero-order valence-corrected chi connectivity index (χ0v) is 12.7. The molecule has 0 saturated carbocycles. The Kier molecular flexibility index (Phi) is 3.81. The van der Waals surface area contributed by atoms with Gasteiger partial charge in [-0.05, 0) is 41.9 Å². The van der Waals surface area contributed by atoms with Gasteiger partial charge in [-0.15, -0.1) is 0 Å². The zero-order valence-electron chi connectivity index (χ0n) is 10.3. The molecule has 0 saturated heterocycles. The van der Waals surface area contributed by atoms with Gasteiger partial charge in [0.05, 0.1) is 0 Å². The van der Waals surface area contributed by atoms with E-state index in [0.29, 0.717) is 15.9 Å². The van der Waals surface area contributed by atoms with Crippen LogP contribution in [0.25, 0.3) is 0 Å². The summed E-state index contributed by atoms with van der Waals surface area (Å²) in [4.78, 5) is 11.9. The molecule has 2 heterocycles. The number of halogens is 1. The molecule has 0 amide bonds. The third kappa shape index (κ3) is 3.48. The Bertz CT molecular complexity index is 698. The molecule has 0 aliphatic carbocycles. The van der Waals surface area contributed by atoms with Gasteiger partial charge in [0.15, 0.2) is 0 Å². The second-order valence-electron chi connectivity index (χ2n) is 3.92. The summed E-state index contributed by atoms with van der Waals surface area (Å²) in [5.74, 6) is 0.0532. The summed E-state index contributed by atoms with van der Waals surface area (Å²) in [6.07, 6.45) is 2.77. The van der Waals surface area contributed by atoms with E-state index in [-0.39, 0.29) is 10.8 Å². The number of hydrogen-bond donors (Lipinski definition) is 1. The number of sulfonamides is 1. The van der Waals surface area contributed by atoms with Crippen molar-refractivity contribution in [3.05, 3.63) is 40.4 Å². The Morgan fingerprint density at radius 2 is 1.74 bits per heavy atom. The van der Waals surface area contributed by atoms with Crippen LogP contribution in [-0.4, -0.2) is 23.4 Å². The van der Waals surface area contributed by atoms with Crippen LogP contribution in [0.15, 0.2) is 33.9 Å². The van der Waals surface area contributed by atoms with Crippen LogP contribution in [0.2, 0.25) is 0 Å². The van der Waals surface area contributed by atoms with Crippen molar-refractivity contribution in [3.63, 3.8) is 0 Å². The predicted molar refractivity (Wildman–Crippen MR) is 74.3 cm³/mol. The largest absolute Gasteiger partial charge is 0.265 e. The third-order valence-electron chi connectivity index (χ3n) is 2.20. The first-order valence-electron chi connectivity index (χ1n) is 5.32. The number of pyridine rings is 1. The zero-order chi connectivity index (χ0) is 14.0. The van der Waals surface area contributed by atoms with Crippen molar-refractivity contribution >= 4 is 31.9 Å². The minimum Gasteiger partial charge on any atom is -0.262 e. The van der Waals surface area contributed by atoms with Crippen molar-refractivity contribution in [1.29, 1.82) is 0 Å². The van der Waals surface area contributed by atoms with Crippen LogP contribution >= 0.6 is 15.9 Å². The van der Waals surface area contributed by atoms with Gasteiger partial charge in [0.2, 0.25) is 5.95 Å². The Balaban J connectivity index is 2.36. The van der Waals surface area contributed by atoms with Crippen molar-refractivity contribution < 1.29 is 8.42 Å². The van der Waals surface area contributed by atoms with E-state index in [1.54, 1.807) is 19.9 Å². The summed E-state index contributed by atoms with van der Waals surface area (Å²) in [5, 5.41) is 0. The Labute approximate surface area is 119 Å². The molecule has 0 aliphatic rings. The van der Waals surface area contributed by atoms with Gasteiger partial charge in [0.1, 0.15) is 4.90 Å². The van der Waals surface area contributed by atoms with Crippen LogP contribution in [0.4, 0.5) is 5.95 Å². The molecule has 19 heavy (non-hydrogen) atoms. The molecule has 0 atom stereocenters. The smallest absolute Gasteiger partial charge is 0.262 e. The highest BCUT2D eigenvalue weighted by Gasteiger charge is 2.16. The number of aryl methyl sites for hydroxylation is 2. The van der Waals surface area contributed by atoms with Gasteiger partial charge < -0.3 is 0 Å². The summed E-state index contributed by atoms with van der Waals surface area (Å²) in [6, 6.07) is 3.22. The SMILES string of the molecule is Cc1cc(C)nc(NS(=O)(=O)c2cncc(Br)c2)n1. The Hall–Kier alpha value is -1.54. The van der Waals surface area contributed by atoms with Gasteiger partial charge in [-0.3, -0.25) is 4.98 Å². The van der Waals surface area contributed by atoms with Crippen LogP contribution in [0.1, 0.15) is 11.4 Å². The minimum atomic E-state index is -3.74. The fraction of sp³-hybridized carbons (Fsp3) is 0.182. The average Bonchev–Trinajstić information content (AvgIpc) is 2.26. The molecule has 0 radical (unpaired) electrons. The molecular weight excluding hydrogens is 332 g/mol. The van der Waals surface area contributed by atoms with Gasteiger partial charge in [-0.25, -0.2) is 23.1 Å². The quantitative estimate of drug-likeness (QED) is 0.922. The summed E-state index contributed by atoms with van der Waals surface area (Å²) in [5.41, 5.74) is 1.38. The minimum absolute atomic E-state index is 0.0460. The predicted octanol–water partition coefficient (Wildman–Crippen LogP) is 2.05. The first kappa shape index (κ1) is 13.9. The van der Waals surface area contributed by atoms with E-state index >= 15 is 0 Å². The molecule has 0 unspecified atom stereocenters. The highest BCUT2D eigenvalue weighted by atomic mass is 79.9. The second-order valence-corrected chi connectivity index (χ2v) is 6.52. The Morgan fingerprint density at radius 1 is 1.11 bits per heavy atom. The molecule has 0 fully saturated rings. The summed E-state index contributed by atoms with van der Waals surface area (Å²) < 4.78 is 27.2. The maximum atomic E-state index is 12.1. The van der Waals surface area contributed by atoms with E-state index < -0.39 is 10.0 Å². The lowest BCUT2D eigenvalue weighted by molar-refractivity contribution is 0.600. The van der Waals surface area contributed by atoms with E-state index in [0.717, 1.165) is 0 Å². The van der Waals surface area contributed by atoms with Crippen LogP contribution in [-0.2, 0) is 10.0 Å². The summed E-state index contributed by atoms with van der Waals surface area (Å²) in [6.45, 7) is 3.54. The standard InChI is InChI=1S/C11H11BrN4O2S/c1-7-3-8(2)15-11(14-7)16-19(17,18)10-4-9(12)5-13-6-10/h3-6H,1-2H3,(H,14,15,16). The van der Waals surface area contributed by atoms with Crippen LogP contribution in [0.3, 0.4) is 0 Å². The fourth-order valence-electron chi connectivity index (χ4n) is 1.49. The number of hydrogen-bond acceptors (Lipinski definition) is 5. The van der Waals surface area contributed by atoms with Crippen LogP contribution in [0.5, 0.6) is 0 Å². The maximum Gasteiger partial charge on any atom is 0.265 e. The second kappa shape index (κ2) is 5.22. The highest BCUT2D eigenvalue weighted by Crippen LogP contribution is 2.16. The molecule has 2 aromatic heterocycles. The van der Waals surface area contributed by atoms with Crippen molar-refractivity contribution in [2.75, 3.05) is 4.72 Å². The molecule has 8 heteroatoms. The van der Waals surface area contributed by atoms with Gasteiger partial charge in [0, 0.05) is 28.3 Å².